The molecule has 0 aliphatic heterocycles. The lowest BCUT2D eigenvalue weighted by molar-refractivity contribution is 0.281. The summed E-state index contributed by atoms with van der Waals surface area (Å²) < 4.78 is 5.52. The molecule has 80 valence electrons. The second-order valence-corrected chi connectivity index (χ2v) is 3.64. The quantitative estimate of drug-likeness (QED) is 0.687. The van der Waals surface area contributed by atoms with Gasteiger partial charge in [-0.2, -0.15) is 5.26 Å². The first kappa shape index (κ1) is 11.5. The van der Waals surface area contributed by atoms with Crippen LogP contribution in [0.2, 0.25) is 0 Å². The summed E-state index contributed by atoms with van der Waals surface area (Å²) in [6.07, 6.45) is 1.01. The molecule has 3 nitrogen and oxygen atoms in total. The Hall–Kier alpha value is -1.53. The van der Waals surface area contributed by atoms with Crippen LogP contribution in [-0.2, 0) is 0 Å². The van der Waals surface area contributed by atoms with Crippen molar-refractivity contribution in [2.45, 2.75) is 6.42 Å². The van der Waals surface area contributed by atoms with Gasteiger partial charge >= 0.3 is 0 Å². The van der Waals surface area contributed by atoms with E-state index in [2.05, 4.69) is 11.0 Å². The molecule has 0 spiro atoms. The highest BCUT2D eigenvalue weighted by Crippen LogP contribution is 2.11. The third kappa shape index (κ3) is 4.48. The average molecular weight is 204 g/mol. The van der Waals surface area contributed by atoms with Crippen LogP contribution in [0.15, 0.2) is 24.3 Å². The minimum absolute atomic E-state index is 0.663. The van der Waals surface area contributed by atoms with E-state index < -0.39 is 0 Å². The van der Waals surface area contributed by atoms with Gasteiger partial charge in [0.25, 0.3) is 0 Å². The van der Waals surface area contributed by atoms with Crippen LogP contribution in [0, 0.1) is 11.3 Å². The van der Waals surface area contributed by atoms with Crippen LogP contribution in [0.1, 0.15) is 12.0 Å². The fourth-order valence-corrected chi connectivity index (χ4v) is 1.20. The van der Waals surface area contributed by atoms with Gasteiger partial charge in [0.05, 0.1) is 18.2 Å². The molecule has 0 bridgehead atoms. The van der Waals surface area contributed by atoms with Gasteiger partial charge in [0, 0.05) is 6.54 Å². The summed E-state index contributed by atoms with van der Waals surface area (Å²) in [5.41, 5.74) is 0.663. The van der Waals surface area contributed by atoms with E-state index in [1.54, 1.807) is 12.1 Å². The Morgan fingerprint density at radius 3 is 2.47 bits per heavy atom. The molecule has 0 unspecified atom stereocenters. The van der Waals surface area contributed by atoms with Crippen molar-refractivity contribution < 1.29 is 4.74 Å². The van der Waals surface area contributed by atoms with Crippen LogP contribution in [0.5, 0.6) is 5.75 Å². The second kappa shape index (κ2) is 6.05. The number of ether oxygens (including phenoxy) is 1. The molecule has 3 heteroatoms. The molecule has 0 amide bonds. The van der Waals surface area contributed by atoms with Gasteiger partial charge in [-0.15, -0.1) is 0 Å². The summed E-state index contributed by atoms with van der Waals surface area (Å²) in [5.74, 6) is 0.827. The molecule has 0 saturated heterocycles. The van der Waals surface area contributed by atoms with E-state index in [9.17, 15) is 0 Å². The molecule has 0 saturated carbocycles. The molecule has 0 N–H and O–H groups in total. The van der Waals surface area contributed by atoms with Gasteiger partial charge in [0.15, 0.2) is 0 Å². The Morgan fingerprint density at radius 1 is 1.27 bits per heavy atom. The summed E-state index contributed by atoms with van der Waals surface area (Å²) in [6, 6.07) is 9.26. The van der Waals surface area contributed by atoms with Crippen LogP contribution in [0.25, 0.3) is 0 Å². The van der Waals surface area contributed by atoms with Gasteiger partial charge in [0.1, 0.15) is 5.75 Å². The summed E-state index contributed by atoms with van der Waals surface area (Å²) in [7, 11) is 4.09. The third-order valence-electron chi connectivity index (χ3n) is 2.00. The number of nitrogens with zero attached hydrogens (tertiary/aromatic N) is 2. The van der Waals surface area contributed by atoms with Crippen LogP contribution >= 0.6 is 0 Å². The molecule has 0 aliphatic carbocycles. The lowest BCUT2D eigenvalue weighted by atomic mass is 10.2. The average Bonchev–Trinajstić information content (AvgIpc) is 2.25. The largest absolute Gasteiger partial charge is 0.494 e. The van der Waals surface area contributed by atoms with Crippen molar-refractivity contribution in [1.29, 1.82) is 5.26 Å². The summed E-state index contributed by atoms with van der Waals surface area (Å²) in [6.45, 7) is 1.74. The van der Waals surface area contributed by atoms with Crippen LogP contribution in [-0.4, -0.2) is 32.1 Å². The zero-order chi connectivity index (χ0) is 11.1. The molecule has 0 fully saturated rings. The molecule has 15 heavy (non-hydrogen) atoms. The van der Waals surface area contributed by atoms with Crippen LogP contribution in [0.4, 0.5) is 0 Å². The van der Waals surface area contributed by atoms with Crippen molar-refractivity contribution in [2.24, 2.45) is 0 Å². The van der Waals surface area contributed by atoms with Crippen molar-refractivity contribution in [2.75, 3.05) is 27.2 Å². The van der Waals surface area contributed by atoms with Gasteiger partial charge in [-0.25, -0.2) is 0 Å². The maximum absolute atomic E-state index is 8.61. The van der Waals surface area contributed by atoms with Gasteiger partial charge in [-0.1, -0.05) is 0 Å². The molecular weight excluding hydrogens is 188 g/mol. The first-order chi connectivity index (χ1) is 7.22. The fourth-order valence-electron chi connectivity index (χ4n) is 1.20. The maximum atomic E-state index is 8.61. The highest BCUT2D eigenvalue weighted by Gasteiger charge is 1.95. The van der Waals surface area contributed by atoms with E-state index in [4.69, 9.17) is 10.00 Å². The highest BCUT2D eigenvalue weighted by molar-refractivity contribution is 5.34. The summed E-state index contributed by atoms with van der Waals surface area (Å²) in [5, 5.41) is 8.61. The topological polar surface area (TPSA) is 36.3 Å². The van der Waals surface area contributed by atoms with E-state index >= 15 is 0 Å². The van der Waals surface area contributed by atoms with E-state index in [1.165, 1.54) is 0 Å². The Bertz CT molecular complexity index is 324. The van der Waals surface area contributed by atoms with Gasteiger partial charge in [-0.05, 0) is 44.8 Å². The number of rotatable bonds is 5. The van der Waals surface area contributed by atoms with Crippen LogP contribution < -0.4 is 4.74 Å². The molecule has 0 atom stereocenters. The molecule has 1 rings (SSSR count). The summed E-state index contributed by atoms with van der Waals surface area (Å²) in [4.78, 5) is 2.13. The molecular formula is C12H16N2O. The third-order valence-corrected chi connectivity index (χ3v) is 2.00. The Morgan fingerprint density at radius 2 is 1.93 bits per heavy atom. The standard InChI is InChI=1S/C12H16N2O/c1-14(2)8-3-9-15-12-6-4-11(10-13)5-7-12/h4-7H,3,8-9H2,1-2H3. The van der Waals surface area contributed by atoms with E-state index in [1.807, 2.05) is 26.2 Å². The smallest absolute Gasteiger partial charge is 0.119 e. The maximum Gasteiger partial charge on any atom is 0.119 e. The Kier molecular flexibility index (Phi) is 4.65. The summed E-state index contributed by atoms with van der Waals surface area (Å²) >= 11 is 0. The number of benzene rings is 1. The number of hydrogen-bond donors (Lipinski definition) is 0. The first-order valence-corrected chi connectivity index (χ1v) is 5.00. The van der Waals surface area contributed by atoms with Gasteiger partial charge < -0.3 is 9.64 Å². The predicted molar refractivity (Wildman–Crippen MR) is 59.8 cm³/mol. The minimum atomic E-state index is 0.663. The number of nitriles is 1. The molecule has 1 aromatic rings. The zero-order valence-corrected chi connectivity index (χ0v) is 9.23. The van der Waals surface area contributed by atoms with Gasteiger partial charge in [0.2, 0.25) is 0 Å². The second-order valence-electron chi connectivity index (χ2n) is 3.64. The zero-order valence-electron chi connectivity index (χ0n) is 9.23. The molecule has 0 aliphatic rings. The van der Waals surface area contributed by atoms with E-state index in [0.29, 0.717) is 12.2 Å². The monoisotopic (exact) mass is 204 g/mol. The Balaban J connectivity index is 2.29. The van der Waals surface area contributed by atoms with Crippen molar-refractivity contribution in [3.05, 3.63) is 29.8 Å². The highest BCUT2D eigenvalue weighted by atomic mass is 16.5. The van der Waals surface area contributed by atoms with Crippen LogP contribution in [0.3, 0.4) is 0 Å². The molecule has 0 heterocycles. The first-order valence-electron chi connectivity index (χ1n) is 5.00. The van der Waals surface area contributed by atoms with Crippen molar-refractivity contribution in [3.8, 4) is 11.8 Å². The number of hydrogen-bond acceptors (Lipinski definition) is 3. The fraction of sp³-hybridized carbons (Fsp3) is 0.417. The predicted octanol–water partition coefficient (Wildman–Crippen LogP) is 1.89. The van der Waals surface area contributed by atoms with Gasteiger partial charge in [-0.3, -0.25) is 0 Å². The van der Waals surface area contributed by atoms with Crippen molar-refractivity contribution >= 4 is 0 Å². The SMILES string of the molecule is CN(C)CCCOc1ccc(C#N)cc1. The molecule has 1 aromatic carbocycles. The van der Waals surface area contributed by atoms with Crippen molar-refractivity contribution in [1.82, 2.24) is 4.90 Å². The molecule has 0 radical (unpaired) electrons. The lowest BCUT2D eigenvalue weighted by Gasteiger charge is -2.10. The van der Waals surface area contributed by atoms with E-state index in [0.717, 1.165) is 18.7 Å². The minimum Gasteiger partial charge on any atom is -0.494 e. The van der Waals surface area contributed by atoms with Crippen molar-refractivity contribution in [3.63, 3.8) is 0 Å². The molecule has 0 aromatic heterocycles. The normalized spacial score (nSPS) is 10.0. The Labute approximate surface area is 90.9 Å². The lowest BCUT2D eigenvalue weighted by Crippen LogP contribution is -2.15. The van der Waals surface area contributed by atoms with E-state index in [-0.39, 0.29) is 0 Å².